The summed E-state index contributed by atoms with van der Waals surface area (Å²) in [7, 11) is 0. The van der Waals surface area contributed by atoms with Crippen LogP contribution in [0.3, 0.4) is 0 Å². The van der Waals surface area contributed by atoms with Crippen LogP contribution in [-0.2, 0) is 9.59 Å². The third-order valence-corrected chi connectivity index (χ3v) is 4.13. The summed E-state index contributed by atoms with van der Waals surface area (Å²) >= 11 is 2.75. The topological polar surface area (TPSA) is 104 Å². The van der Waals surface area contributed by atoms with Crippen LogP contribution in [0.15, 0.2) is 0 Å². The van der Waals surface area contributed by atoms with Crippen LogP contribution in [-0.4, -0.2) is 47.3 Å². The minimum Gasteiger partial charge on any atom is -0.547 e. The summed E-state index contributed by atoms with van der Waals surface area (Å²) in [4.78, 5) is 20.0. The van der Waals surface area contributed by atoms with E-state index in [1.54, 1.807) is 0 Å². The average Bonchev–Trinajstić information content (AvgIpc) is 2.93. The van der Waals surface area contributed by atoms with Crippen molar-refractivity contribution < 1.29 is 136 Å². The molecule has 0 aliphatic carbocycles. The molecule has 92 valence electrons. The third-order valence-electron chi connectivity index (χ3n) is 1.86. The Hall–Kier alpha value is 3.17. The maximum absolute atomic E-state index is 10.0. The van der Waals surface area contributed by atoms with Crippen molar-refractivity contribution in [2.45, 2.75) is 10.7 Å². The molecule has 0 amide bonds. The quantitative estimate of drug-likeness (QED) is 0.441. The second kappa shape index (κ2) is 13.8. The van der Waals surface area contributed by atoms with Crippen molar-refractivity contribution in [3.8, 4) is 0 Å². The fraction of sp³-hybridized carbons (Fsp3) is 0.750. The van der Waals surface area contributed by atoms with Gasteiger partial charge in [0.25, 0.3) is 0 Å². The minimum atomic E-state index is -1.01. The van der Waals surface area contributed by atoms with Crippen LogP contribution in [0.25, 0.3) is 0 Å². The Labute approximate surface area is 212 Å². The second-order valence-electron chi connectivity index (χ2n) is 3.05. The maximum atomic E-state index is 10.0. The fourth-order valence-corrected chi connectivity index (χ4v) is 2.84. The molecule has 10 heteroatoms. The summed E-state index contributed by atoms with van der Waals surface area (Å²) < 4.78 is 0. The molecule has 0 saturated carbocycles. The maximum Gasteiger partial charge on any atom is 1.00 e. The van der Waals surface area contributed by atoms with E-state index in [9.17, 15) is 19.8 Å². The molecule has 2 N–H and O–H groups in total. The van der Waals surface area contributed by atoms with Crippen molar-refractivity contribution >= 4 is 35.5 Å². The molecule has 2 rings (SSSR count). The Bertz CT molecular complexity index is 235. The number of hydrogen-bond donors (Lipinski definition) is 2. The molecule has 0 spiro atoms. The van der Waals surface area contributed by atoms with Gasteiger partial charge < -0.3 is 19.8 Å². The van der Waals surface area contributed by atoms with Gasteiger partial charge >= 0.3 is 116 Å². The molecular weight excluding hydrogens is 423 g/mol. The molecule has 18 heavy (non-hydrogen) atoms. The predicted molar refractivity (Wildman–Crippen MR) is 58.5 cm³/mol. The molecule has 2 saturated heterocycles. The van der Waals surface area contributed by atoms with Gasteiger partial charge in [-0.15, -0.1) is 23.5 Å². The van der Waals surface area contributed by atoms with Crippen molar-refractivity contribution in [2.75, 3.05) is 24.6 Å². The van der Waals surface area contributed by atoms with Gasteiger partial charge in [-0.3, -0.25) is 10.6 Å². The van der Waals surface area contributed by atoms with Crippen molar-refractivity contribution in [3.63, 3.8) is 0 Å². The van der Waals surface area contributed by atoms with E-state index in [1.165, 1.54) is 23.5 Å². The zero-order chi connectivity index (χ0) is 12.0. The molecule has 2 aliphatic heterocycles. The van der Waals surface area contributed by atoms with E-state index >= 15 is 0 Å². The SMILES string of the molecule is O=C([O-])[C@@H]1NCCS1.O=C([O-])[C@H]1NCCS1.[Rb+].[Rb+]. The van der Waals surface area contributed by atoms with Crippen molar-refractivity contribution in [2.24, 2.45) is 0 Å². The molecule has 0 aromatic carbocycles. The summed E-state index contributed by atoms with van der Waals surface area (Å²) in [5.41, 5.74) is 0. The molecule has 0 radical (unpaired) electrons. The number of carbonyl (C=O) groups excluding carboxylic acids is 2. The summed E-state index contributed by atoms with van der Waals surface area (Å²) in [6.45, 7) is 1.56. The van der Waals surface area contributed by atoms with E-state index in [0.717, 1.165) is 24.6 Å². The summed E-state index contributed by atoms with van der Waals surface area (Å²) in [5.74, 6) is -0.267. The molecule has 6 nitrogen and oxygen atoms in total. The average molecular weight is 435 g/mol. The predicted octanol–water partition coefficient (Wildman–Crippen LogP) is -9.19. The third kappa shape index (κ3) is 9.99. The zero-order valence-corrected chi connectivity index (χ0v) is 21.9. The summed E-state index contributed by atoms with van der Waals surface area (Å²) in [6.07, 6.45) is 0. The van der Waals surface area contributed by atoms with Crippen molar-refractivity contribution in [1.29, 1.82) is 0 Å². The first-order valence-corrected chi connectivity index (χ1v) is 6.82. The van der Waals surface area contributed by atoms with E-state index in [4.69, 9.17) is 0 Å². The van der Waals surface area contributed by atoms with Crippen LogP contribution in [0.5, 0.6) is 0 Å². The Morgan fingerprint density at radius 1 is 0.889 bits per heavy atom. The molecule has 0 aromatic heterocycles. The number of carboxylic acids is 2. The van der Waals surface area contributed by atoms with E-state index in [1.807, 2.05) is 0 Å². The first kappa shape index (κ1) is 23.4. The molecule has 0 aromatic rings. The van der Waals surface area contributed by atoms with E-state index in [2.05, 4.69) is 10.6 Å². The van der Waals surface area contributed by atoms with Crippen LogP contribution in [0.2, 0.25) is 0 Å². The number of aliphatic carboxylic acids is 2. The molecule has 2 aliphatic rings. The van der Waals surface area contributed by atoms with Crippen LogP contribution in [0, 0.1) is 0 Å². The molecule has 2 heterocycles. The van der Waals surface area contributed by atoms with Gasteiger partial charge in [-0.05, 0) is 0 Å². The van der Waals surface area contributed by atoms with E-state index in [0.29, 0.717) is 0 Å². The Balaban J connectivity index is 0. The first-order valence-electron chi connectivity index (χ1n) is 4.73. The first-order chi connectivity index (χ1) is 7.61. The van der Waals surface area contributed by atoms with Crippen LogP contribution < -0.4 is 137 Å². The van der Waals surface area contributed by atoms with Gasteiger partial charge in [-0.2, -0.15) is 0 Å². The second-order valence-corrected chi connectivity index (χ2v) is 5.47. The van der Waals surface area contributed by atoms with Gasteiger partial charge in [0.1, 0.15) is 0 Å². The Morgan fingerprint density at radius 3 is 1.33 bits per heavy atom. The van der Waals surface area contributed by atoms with Gasteiger partial charge in [0.05, 0.1) is 22.7 Å². The van der Waals surface area contributed by atoms with Gasteiger partial charge in [-0.1, -0.05) is 0 Å². The van der Waals surface area contributed by atoms with Gasteiger partial charge in [0.15, 0.2) is 0 Å². The number of thioether (sulfide) groups is 2. The normalized spacial score (nSPS) is 25.1. The summed E-state index contributed by atoms with van der Waals surface area (Å²) in [6, 6.07) is 0. The monoisotopic (exact) mass is 434 g/mol. The van der Waals surface area contributed by atoms with Crippen LogP contribution >= 0.6 is 23.5 Å². The molecule has 0 bridgehead atoms. The smallest absolute Gasteiger partial charge is 0.547 e. The Morgan fingerprint density at radius 2 is 1.22 bits per heavy atom. The van der Waals surface area contributed by atoms with E-state index in [-0.39, 0.29) is 116 Å². The van der Waals surface area contributed by atoms with Gasteiger partial charge in [-0.25, -0.2) is 0 Å². The van der Waals surface area contributed by atoms with Crippen molar-refractivity contribution in [1.82, 2.24) is 10.6 Å². The van der Waals surface area contributed by atoms with Crippen LogP contribution in [0.1, 0.15) is 0 Å². The number of nitrogens with one attached hydrogen (secondary N) is 2. The molecular formula is C8H12N2O4Rb2S2. The number of carboxylic acid groups (broad SMARTS) is 2. The zero-order valence-electron chi connectivity index (χ0n) is 10.4. The fourth-order valence-electron chi connectivity index (χ4n) is 1.15. The summed E-state index contributed by atoms with van der Waals surface area (Å²) in [5, 5.41) is 24.6. The van der Waals surface area contributed by atoms with Gasteiger partial charge in [0.2, 0.25) is 0 Å². The van der Waals surface area contributed by atoms with Gasteiger partial charge in [0, 0.05) is 24.6 Å². The standard InChI is InChI=1S/2C4H7NO2S.2Rb/c2*6-4(7)3-5-1-2-8-3;;/h2*3,5H,1-2H2,(H,6,7);;/q;;2*+1/p-2/t2*3-;;/m10../s1. The largest absolute Gasteiger partial charge is 1.00 e. The molecule has 2 atom stereocenters. The van der Waals surface area contributed by atoms with Crippen molar-refractivity contribution in [3.05, 3.63) is 0 Å². The van der Waals surface area contributed by atoms with Crippen LogP contribution in [0.4, 0.5) is 0 Å². The number of rotatable bonds is 2. The number of carbonyl (C=O) groups is 2. The Kier molecular flexibility index (Phi) is 18.0. The van der Waals surface area contributed by atoms with E-state index < -0.39 is 22.7 Å². The molecule has 0 unspecified atom stereocenters. The number of hydrogen-bond acceptors (Lipinski definition) is 8. The minimum absolute atomic E-state index is 0. The molecule has 2 fully saturated rings.